The number of benzene rings is 1. The van der Waals surface area contributed by atoms with Gasteiger partial charge >= 0.3 is 0 Å². The average Bonchev–Trinajstić information content (AvgIpc) is 3.21. The minimum absolute atomic E-state index is 0.00507. The van der Waals surface area contributed by atoms with Crippen molar-refractivity contribution in [3.8, 4) is 5.75 Å². The van der Waals surface area contributed by atoms with Crippen LogP contribution in [0.3, 0.4) is 0 Å². The molecule has 24 heavy (non-hydrogen) atoms. The number of rotatable bonds is 6. The highest BCUT2D eigenvalue weighted by Gasteiger charge is 2.33. The summed E-state index contributed by atoms with van der Waals surface area (Å²) in [5, 5.41) is 3.01. The van der Waals surface area contributed by atoms with Gasteiger partial charge in [0, 0.05) is 25.5 Å². The molecule has 6 heteroatoms. The number of ether oxygens (including phenoxy) is 2. The van der Waals surface area contributed by atoms with Gasteiger partial charge in [-0.15, -0.1) is 0 Å². The molecule has 1 saturated heterocycles. The molecule has 1 amide bonds. The van der Waals surface area contributed by atoms with Gasteiger partial charge in [0.05, 0.1) is 6.04 Å². The lowest BCUT2D eigenvalue weighted by atomic mass is 10.1. The number of aryl methyl sites for hydroxylation is 2. The first-order valence-electron chi connectivity index (χ1n) is 8.29. The molecule has 128 valence electrons. The topological polar surface area (TPSA) is 65.4 Å². The summed E-state index contributed by atoms with van der Waals surface area (Å²) >= 11 is 0. The number of imidazole rings is 1. The summed E-state index contributed by atoms with van der Waals surface area (Å²) in [6, 6.07) is 7.58. The molecule has 0 unspecified atom stereocenters. The van der Waals surface area contributed by atoms with E-state index in [2.05, 4.69) is 17.2 Å². The van der Waals surface area contributed by atoms with Crippen LogP contribution in [0, 0.1) is 6.92 Å². The smallest absolute Gasteiger partial charge is 0.258 e. The van der Waals surface area contributed by atoms with E-state index in [1.165, 1.54) is 0 Å². The van der Waals surface area contributed by atoms with Gasteiger partial charge in [0.25, 0.3) is 5.91 Å². The normalized spacial score (nSPS) is 20.1. The van der Waals surface area contributed by atoms with Gasteiger partial charge in [0.15, 0.2) is 6.61 Å². The maximum Gasteiger partial charge on any atom is 0.258 e. The Kier molecular flexibility index (Phi) is 5.15. The van der Waals surface area contributed by atoms with Crippen LogP contribution in [-0.4, -0.2) is 34.7 Å². The highest BCUT2D eigenvalue weighted by molar-refractivity contribution is 5.78. The van der Waals surface area contributed by atoms with Gasteiger partial charge in [-0.2, -0.15) is 0 Å². The molecule has 3 rings (SSSR count). The van der Waals surface area contributed by atoms with Crippen LogP contribution in [0.4, 0.5) is 0 Å². The zero-order valence-electron chi connectivity index (χ0n) is 14.1. The summed E-state index contributed by atoms with van der Waals surface area (Å²) in [6.07, 6.45) is 4.26. The minimum Gasteiger partial charge on any atom is -0.484 e. The fourth-order valence-electron chi connectivity index (χ4n) is 2.94. The standard InChI is InChI=1S/C18H23N3O3/c1-3-21-9-8-19-18(21)17-15(7-10-23-17)20-16(22)12-24-14-6-4-5-13(2)11-14/h4-6,8-9,11,15,17H,3,7,10,12H2,1-2H3,(H,20,22)/t15-,17-/m0/s1. The summed E-state index contributed by atoms with van der Waals surface area (Å²) in [4.78, 5) is 16.6. The Morgan fingerprint density at radius 1 is 1.50 bits per heavy atom. The van der Waals surface area contributed by atoms with Crippen molar-refractivity contribution in [1.82, 2.24) is 14.9 Å². The molecule has 0 spiro atoms. The van der Waals surface area contributed by atoms with Crippen molar-refractivity contribution in [2.24, 2.45) is 0 Å². The van der Waals surface area contributed by atoms with E-state index < -0.39 is 0 Å². The van der Waals surface area contributed by atoms with Gasteiger partial charge in [0.2, 0.25) is 0 Å². The first kappa shape index (κ1) is 16.5. The molecule has 1 N–H and O–H groups in total. The van der Waals surface area contributed by atoms with E-state index in [0.29, 0.717) is 12.4 Å². The fraction of sp³-hybridized carbons (Fsp3) is 0.444. The molecule has 1 fully saturated rings. The minimum atomic E-state index is -0.206. The number of amides is 1. The molecule has 0 bridgehead atoms. The Balaban J connectivity index is 1.57. The van der Waals surface area contributed by atoms with E-state index >= 15 is 0 Å². The Morgan fingerprint density at radius 2 is 2.38 bits per heavy atom. The largest absolute Gasteiger partial charge is 0.484 e. The zero-order chi connectivity index (χ0) is 16.9. The summed E-state index contributed by atoms with van der Waals surface area (Å²) in [7, 11) is 0. The van der Waals surface area contributed by atoms with Gasteiger partial charge in [-0.25, -0.2) is 4.98 Å². The van der Waals surface area contributed by atoms with E-state index in [1.807, 2.05) is 42.0 Å². The second-order valence-corrected chi connectivity index (χ2v) is 5.93. The van der Waals surface area contributed by atoms with E-state index in [9.17, 15) is 4.79 Å². The Labute approximate surface area is 141 Å². The molecular weight excluding hydrogens is 306 g/mol. The number of nitrogens with zero attached hydrogens (tertiary/aromatic N) is 2. The number of hydrogen-bond acceptors (Lipinski definition) is 4. The van der Waals surface area contributed by atoms with Gasteiger partial charge < -0.3 is 19.4 Å². The third-order valence-corrected chi connectivity index (χ3v) is 4.14. The van der Waals surface area contributed by atoms with E-state index in [1.54, 1.807) is 6.20 Å². The lowest BCUT2D eigenvalue weighted by Gasteiger charge is -2.20. The Bertz CT molecular complexity index is 698. The maximum absolute atomic E-state index is 12.2. The predicted octanol–water partition coefficient (Wildman–Crippen LogP) is 2.24. The van der Waals surface area contributed by atoms with Crippen molar-refractivity contribution in [3.05, 3.63) is 48.0 Å². The predicted molar refractivity (Wildman–Crippen MR) is 89.8 cm³/mol. The molecule has 0 radical (unpaired) electrons. The molecule has 6 nitrogen and oxygen atoms in total. The zero-order valence-corrected chi connectivity index (χ0v) is 14.1. The van der Waals surface area contributed by atoms with Crippen molar-refractivity contribution in [2.45, 2.75) is 39.0 Å². The molecule has 0 aliphatic carbocycles. The molecule has 1 aromatic heterocycles. The third kappa shape index (κ3) is 3.76. The monoisotopic (exact) mass is 329 g/mol. The maximum atomic E-state index is 12.2. The number of hydrogen-bond donors (Lipinski definition) is 1. The van der Waals surface area contributed by atoms with Crippen molar-refractivity contribution in [3.63, 3.8) is 0 Å². The molecule has 1 aliphatic rings. The molecule has 1 aliphatic heterocycles. The second-order valence-electron chi connectivity index (χ2n) is 5.93. The Morgan fingerprint density at radius 3 is 3.17 bits per heavy atom. The molecule has 0 saturated carbocycles. The summed E-state index contributed by atoms with van der Waals surface area (Å²) < 4.78 is 13.4. The third-order valence-electron chi connectivity index (χ3n) is 4.14. The molecule has 2 aromatic rings. The van der Waals surface area contributed by atoms with Crippen molar-refractivity contribution >= 4 is 5.91 Å². The number of carbonyl (C=O) groups is 1. The fourth-order valence-corrected chi connectivity index (χ4v) is 2.94. The summed E-state index contributed by atoms with van der Waals surface area (Å²) in [5.41, 5.74) is 1.10. The lowest BCUT2D eigenvalue weighted by Crippen LogP contribution is -2.40. The summed E-state index contributed by atoms with van der Waals surface area (Å²) in [5.74, 6) is 1.41. The molecular formula is C18H23N3O3. The van der Waals surface area contributed by atoms with Gasteiger partial charge in [-0.05, 0) is 38.0 Å². The average molecular weight is 329 g/mol. The van der Waals surface area contributed by atoms with Crippen LogP contribution in [0.25, 0.3) is 0 Å². The molecule has 2 atom stereocenters. The van der Waals surface area contributed by atoms with Crippen molar-refractivity contribution in [2.75, 3.05) is 13.2 Å². The molecule has 2 heterocycles. The first-order chi connectivity index (χ1) is 11.7. The highest BCUT2D eigenvalue weighted by Crippen LogP contribution is 2.28. The van der Waals surface area contributed by atoms with E-state index in [0.717, 1.165) is 24.4 Å². The van der Waals surface area contributed by atoms with Crippen LogP contribution in [0.5, 0.6) is 5.75 Å². The van der Waals surface area contributed by atoms with Crippen LogP contribution in [0.1, 0.15) is 30.8 Å². The van der Waals surface area contributed by atoms with Crippen LogP contribution in [0.2, 0.25) is 0 Å². The van der Waals surface area contributed by atoms with Crippen LogP contribution >= 0.6 is 0 Å². The van der Waals surface area contributed by atoms with Gasteiger partial charge in [-0.3, -0.25) is 4.79 Å². The molecule has 1 aromatic carbocycles. The summed E-state index contributed by atoms with van der Waals surface area (Å²) in [6.45, 7) is 5.48. The number of carbonyl (C=O) groups excluding carboxylic acids is 1. The van der Waals surface area contributed by atoms with Crippen molar-refractivity contribution < 1.29 is 14.3 Å². The number of nitrogens with one attached hydrogen (secondary N) is 1. The first-order valence-corrected chi connectivity index (χ1v) is 8.29. The highest BCUT2D eigenvalue weighted by atomic mass is 16.5. The Hall–Kier alpha value is -2.34. The second kappa shape index (κ2) is 7.49. The van der Waals surface area contributed by atoms with E-state index in [-0.39, 0.29) is 24.7 Å². The van der Waals surface area contributed by atoms with Crippen LogP contribution < -0.4 is 10.1 Å². The number of aromatic nitrogens is 2. The van der Waals surface area contributed by atoms with Gasteiger partial charge in [0.1, 0.15) is 17.7 Å². The van der Waals surface area contributed by atoms with Crippen molar-refractivity contribution in [1.29, 1.82) is 0 Å². The quantitative estimate of drug-likeness (QED) is 0.883. The SMILES string of the molecule is CCn1ccnc1[C@H]1OCC[C@@H]1NC(=O)COc1cccc(C)c1. The lowest BCUT2D eigenvalue weighted by molar-refractivity contribution is -0.124. The van der Waals surface area contributed by atoms with E-state index in [4.69, 9.17) is 9.47 Å². The van der Waals surface area contributed by atoms with Crippen LogP contribution in [-0.2, 0) is 16.1 Å². The van der Waals surface area contributed by atoms with Crippen LogP contribution in [0.15, 0.2) is 36.7 Å². The van der Waals surface area contributed by atoms with Gasteiger partial charge in [-0.1, -0.05) is 12.1 Å².